The lowest BCUT2D eigenvalue weighted by molar-refractivity contribution is -0.146. The first-order valence-corrected chi connectivity index (χ1v) is 9.28. The molecule has 2 N–H and O–H groups in total. The highest BCUT2D eigenvalue weighted by molar-refractivity contribution is 5.96. The van der Waals surface area contributed by atoms with E-state index in [0.29, 0.717) is 23.4 Å². The van der Waals surface area contributed by atoms with Crippen LogP contribution in [0.15, 0.2) is 18.2 Å². The lowest BCUT2D eigenvalue weighted by Gasteiger charge is -2.55. The molecule has 4 saturated carbocycles. The Labute approximate surface area is 147 Å². The molecule has 0 aliphatic heterocycles. The van der Waals surface area contributed by atoms with Gasteiger partial charge in [0.05, 0.1) is 6.54 Å². The molecule has 0 spiro atoms. The van der Waals surface area contributed by atoms with Gasteiger partial charge in [-0.3, -0.25) is 9.59 Å². The SMILES string of the molecule is Cc1ccc(F)cc1NC(=O)CNC(=O)C12CC3CC(CC(C3)C1)C2. The molecule has 4 nitrogen and oxygen atoms in total. The Morgan fingerprint density at radius 3 is 2.32 bits per heavy atom. The maximum atomic E-state index is 13.3. The minimum absolute atomic E-state index is 0.0396. The van der Waals surface area contributed by atoms with E-state index in [4.69, 9.17) is 0 Å². The van der Waals surface area contributed by atoms with E-state index in [0.717, 1.165) is 24.8 Å². The summed E-state index contributed by atoms with van der Waals surface area (Å²) in [7, 11) is 0. The molecule has 25 heavy (non-hydrogen) atoms. The van der Waals surface area contributed by atoms with E-state index in [1.807, 2.05) is 6.92 Å². The monoisotopic (exact) mass is 344 g/mol. The van der Waals surface area contributed by atoms with Crippen LogP contribution >= 0.6 is 0 Å². The van der Waals surface area contributed by atoms with Crippen molar-refractivity contribution in [3.8, 4) is 0 Å². The third-order valence-electron chi connectivity index (χ3n) is 6.40. The third kappa shape index (κ3) is 3.16. The number of anilines is 1. The molecule has 134 valence electrons. The van der Waals surface area contributed by atoms with Gasteiger partial charge in [0.15, 0.2) is 0 Å². The molecule has 4 bridgehead atoms. The first-order valence-electron chi connectivity index (χ1n) is 9.28. The zero-order chi connectivity index (χ0) is 17.6. The van der Waals surface area contributed by atoms with Crippen LogP contribution in [0.2, 0.25) is 0 Å². The highest BCUT2D eigenvalue weighted by Crippen LogP contribution is 2.60. The van der Waals surface area contributed by atoms with Crippen molar-refractivity contribution in [2.75, 3.05) is 11.9 Å². The maximum absolute atomic E-state index is 13.3. The summed E-state index contributed by atoms with van der Waals surface area (Å²) in [6.07, 6.45) is 6.80. The van der Waals surface area contributed by atoms with Crippen molar-refractivity contribution in [2.45, 2.75) is 45.4 Å². The number of aryl methyl sites for hydroxylation is 1. The van der Waals surface area contributed by atoms with Crippen molar-refractivity contribution >= 4 is 17.5 Å². The van der Waals surface area contributed by atoms with Crippen LogP contribution < -0.4 is 10.6 Å². The number of benzene rings is 1. The Balaban J connectivity index is 1.36. The Kier molecular flexibility index (Phi) is 4.05. The summed E-state index contributed by atoms with van der Waals surface area (Å²) in [5.41, 5.74) is 1.00. The Morgan fingerprint density at radius 1 is 1.12 bits per heavy atom. The standard InChI is InChI=1S/C20H25FN2O2/c1-12-2-3-16(21)7-17(12)23-18(24)11-22-19(25)20-8-13-4-14(9-20)6-15(5-13)10-20/h2-3,7,13-15H,4-6,8-11H2,1H3,(H,22,25)(H,23,24). The van der Waals surface area contributed by atoms with Gasteiger partial charge in [-0.05, 0) is 80.9 Å². The molecule has 4 aliphatic rings. The molecule has 1 aromatic rings. The van der Waals surface area contributed by atoms with E-state index in [9.17, 15) is 14.0 Å². The quantitative estimate of drug-likeness (QED) is 0.879. The molecule has 5 heteroatoms. The van der Waals surface area contributed by atoms with Crippen molar-refractivity contribution in [1.29, 1.82) is 0 Å². The molecular formula is C20H25FN2O2. The summed E-state index contributed by atoms with van der Waals surface area (Å²) < 4.78 is 13.3. The smallest absolute Gasteiger partial charge is 0.243 e. The average molecular weight is 344 g/mol. The van der Waals surface area contributed by atoms with Gasteiger partial charge in [-0.2, -0.15) is 0 Å². The summed E-state index contributed by atoms with van der Waals surface area (Å²) >= 11 is 0. The van der Waals surface area contributed by atoms with E-state index < -0.39 is 5.82 Å². The molecule has 0 atom stereocenters. The second kappa shape index (κ2) is 6.11. The van der Waals surface area contributed by atoms with E-state index >= 15 is 0 Å². The van der Waals surface area contributed by atoms with E-state index in [1.165, 1.54) is 31.4 Å². The fourth-order valence-electron chi connectivity index (χ4n) is 5.66. The van der Waals surface area contributed by atoms with E-state index in [2.05, 4.69) is 10.6 Å². The maximum Gasteiger partial charge on any atom is 0.243 e. The second-order valence-electron chi connectivity index (χ2n) is 8.39. The number of carbonyl (C=O) groups is 2. The number of carbonyl (C=O) groups excluding carboxylic acids is 2. The molecule has 4 fully saturated rings. The van der Waals surface area contributed by atoms with Crippen molar-refractivity contribution in [3.05, 3.63) is 29.6 Å². The van der Waals surface area contributed by atoms with Crippen LogP contribution in [0.4, 0.5) is 10.1 Å². The zero-order valence-electron chi connectivity index (χ0n) is 14.6. The lowest BCUT2D eigenvalue weighted by Crippen LogP contribution is -2.54. The molecule has 1 aromatic carbocycles. The summed E-state index contributed by atoms with van der Waals surface area (Å²) in [5.74, 6) is 1.42. The summed E-state index contributed by atoms with van der Waals surface area (Å²) in [4.78, 5) is 25.0. The topological polar surface area (TPSA) is 58.2 Å². The normalized spacial score (nSPS) is 32.5. The van der Waals surface area contributed by atoms with Crippen LogP contribution in [-0.2, 0) is 9.59 Å². The van der Waals surface area contributed by atoms with Crippen molar-refractivity contribution in [3.63, 3.8) is 0 Å². The summed E-state index contributed by atoms with van der Waals surface area (Å²) in [6.45, 7) is 1.75. The molecule has 5 rings (SSSR count). The van der Waals surface area contributed by atoms with Crippen LogP contribution in [0, 0.1) is 35.9 Å². The van der Waals surface area contributed by atoms with Crippen LogP contribution in [-0.4, -0.2) is 18.4 Å². The number of hydrogen-bond donors (Lipinski definition) is 2. The molecule has 4 aliphatic carbocycles. The predicted octanol–water partition coefficient (Wildman–Crippen LogP) is 3.41. The van der Waals surface area contributed by atoms with Gasteiger partial charge in [0.25, 0.3) is 0 Å². The molecule has 0 saturated heterocycles. The molecule has 0 radical (unpaired) electrons. The van der Waals surface area contributed by atoms with Gasteiger partial charge in [-0.25, -0.2) is 4.39 Å². The minimum Gasteiger partial charge on any atom is -0.347 e. The van der Waals surface area contributed by atoms with Crippen LogP contribution in [0.1, 0.15) is 44.1 Å². The summed E-state index contributed by atoms with van der Waals surface area (Å²) in [5, 5.41) is 5.54. The van der Waals surface area contributed by atoms with Crippen molar-refractivity contribution < 1.29 is 14.0 Å². The Bertz CT molecular complexity index is 680. The zero-order valence-corrected chi connectivity index (χ0v) is 14.6. The van der Waals surface area contributed by atoms with Crippen molar-refractivity contribution in [2.24, 2.45) is 23.2 Å². The highest BCUT2D eigenvalue weighted by Gasteiger charge is 2.54. The minimum atomic E-state index is -0.390. The number of hydrogen-bond acceptors (Lipinski definition) is 2. The number of amides is 2. The largest absolute Gasteiger partial charge is 0.347 e. The fraction of sp³-hybridized carbons (Fsp3) is 0.600. The molecular weight excluding hydrogens is 319 g/mol. The first kappa shape index (κ1) is 16.6. The van der Waals surface area contributed by atoms with Crippen LogP contribution in [0.3, 0.4) is 0 Å². The van der Waals surface area contributed by atoms with Crippen molar-refractivity contribution in [1.82, 2.24) is 5.32 Å². The van der Waals surface area contributed by atoms with E-state index in [-0.39, 0.29) is 23.8 Å². The third-order valence-corrected chi connectivity index (χ3v) is 6.40. The van der Waals surface area contributed by atoms with Gasteiger partial charge >= 0.3 is 0 Å². The lowest BCUT2D eigenvalue weighted by atomic mass is 9.49. The van der Waals surface area contributed by atoms with Crippen LogP contribution in [0.5, 0.6) is 0 Å². The average Bonchev–Trinajstić information content (AvgIpc) is 2.55. The molecule has 0 aromatic heterocycles. The van der Waals surface area contributed by atoms with Gasteiger partial charge in [-0.15, -0.1) is 0 Å². The molecule has 0 heterocycles. The van der Waals surface area contributed by atoms with Gasteiger partial charge in [-0.1, -0.05) is 6.07 Å². The van der Waals surface area contributed by atoms with E-state index in [1.54, 1.807) is 6.07 Å². The molecule has 2 amide bonds. The molecule has 0 unspecified atom stereocenters. The first-order chi connectivity index (χ1) is 11.9. The number of halogens is 1. The Morgan fingerprint density at radius 2 is 1.72 bits per heavy atom. The highest BCUT2D eigenvalue weighted by atomic mass is 19.1. The van der Waals surface area contributed by atoms with Gasteiger partial charge in [0.1, 0.15) is 5.82 Å². The van der Waals surface area contributed by atoms with Gasteiger partial charge in [0.2, 0.25) is 11.8 Å². The predicted molar refractivity (Wildman–Crippen MR) is 93.4 cm³/mol. The van der Waals surface area contributed by atoms with Gasteiger partial charge < -0.3 is 10.6 Å². The number of nitrogens with one attached hydrogen (secondary N) is 2. The summed E-state index contributed by atoms with van der Waals surface area (Å²) in [6, 6.07) is 4.28. The Hall–Kier alpha value is -1.91. The number of rotatable bonds is 4. The van der Waals surface area contributed by atoms with Crippen LogP contribution in [0.25, 0.3) is 0 Å². The van der Waals surface area contributed by atoms with Gasteiger partial charge in [0, 0.05) is 11.1 Å². The second-order valence-corrected chi connectivity index (χ2v) is 8.39. The fourth-order valence-corrected chi connectivity index (χ4v) is 5.66.